The minimum Gasteiger partial charge on any atom is -0.497 e. The van der Waals surface area contributed by atoms with Gasteiger partial charge in [-0.25, -0.2) is 0 Å². The summed E-state index contributed by atoms with van der Waals surface area (Å²) in [7, 11) is 3.69. The van der Waals surface area contributed by atoms with Gasteiger partial charge in [0, 0.05) is 43.7 Å². The molecule has 0 spiro atoms. The lowest BCUT2D eigenvalue weighted by Gasteiger charge is -2.20. The summed E-state index contributed by atoms with van der Waals surface area (Å²) in [6.07, 6.45) is 2.67. The van der Waals surface area contributed by atoms with Crippen LogP contribution in [0.3, 0.4) is 0 Å². The van der Waals surface area contributed by atoms with Gasteiger partial charge in [-0.1, -0.05) is 0 Å². The van der Waals surface area contributed by atoms with Gasteiger partial charge in [0.2, 0.25) is 0 Å². The summed E-state index contributed by atoms with van der Waals surface area (Å²) in [4.78, 5) is 2.13. The highest BCUT2D eigenvalue weighted by Crippen LogP contribution is 2.29. The first kappa shape index (κ1) is 13.0. The van der Waals surface area contributed by atoms with E-state index in [4.69, 9.17) is 15.2 Å². The number of ether oxygens (including phenoxy) is 2. The molecule has 0 bridgehead atoms. The van der Waals surface area contributed by atoms with Gasteiger partial charge >= 0.3 is 0 Å². The number of nitrogens with zero attached hydrogens (tertiary/aromatic N) is 1. The van der Waals surface area contributed by atoms with Crippen molar-refractivity contribution in [3.63, 3.8) is 0 Å². The van der Waals surface area contributed by atoms with Crippen molar-refractivity contribution in [2.75, 3.05) is 44.5 Å². The molecule has 1 aliphatic rings. The topological polar surface area (TPSA) is 47.7 Å². The first-order chi connectivity index (χ1) is 8.69. The van der Waals surface area contributed by atoms with Gasteiger partial charge in [0.15, 0.2) is 0 Å². The Kier molecular flexibility index (Phi) is 4.31. The number of likely N-dealkylation sites (N-methyl/N-ethyl adjacent to an activating group) is 1. The number of hydrogen-bond donors (Lipinski definition) is 1. The SMILES string of the molecule is COc1cc(N)cc(N(C)CCOCC2CC2)c1. The summed E-state index contributed by atoms with van der Waals surface area (Å²) >= 11 is 0. The fourth-order valence-electron chi connectivity index (χ4n) is 1.81. The number of benzene rings is 1. The van der Waals surface area contributed by atoms with E-state index < -0.39 is 0 Å². The van der Waals surface area contributed by atoms with Crippen molar-refractivity contribution < 1.29 is 9.47 Å². The summed E-state index contributed by atoms with van der Waals surface area (Å²) in [5, 5.41) is 0. The van der Waals surface area contributed by atoms with E-state index in [9.17, 15) is 0 Å². The third-order valence-electron chi connectivity index (χ3n) is 3.21. The molecule has 1 fully saturated rings. The molecule has 0 amide bonds. The van der Waals surface area contributed by atoms with Gasteiger partial charge in [-0.2, -0.15) is 0 Å². The minimum absolute atomic E-state index is 0.718. The summed E-state index contributed by atoms with van der Waals surface area (Å²) in [6.45, 7) is 2.53. The zero-order valence-corrected chi connectivity index (χ0v) is 11.2. The molecular formula is C14H22N2O2. The number of anilines is 2. The van der Waals surface area contributed by atoms with Crippen molar-refractivity contribution >= 4 is 11.4 Å². The lowest BCUT2D eigenvalue weighted by Crippen LogP contribution is -2.23. The van der Waals surface area contributed by atoms with Crippen molar-refractivity contribution in [1.82, 2.24) is 0 Å². The van der Waals surface area contributed by atoms with Gasteiger partial charge in [-0.15, -0.1) is 0 Å². The van der Waals surface area contributed by atoms with Crippen LogP contribution in [-0.2, 0) is 4.74 Å². The Morgan fingerprint density at radius 2 is 2.11 bits per heavy atom. The van der Waals surface area contributed by atoms with Crippen LogP contribution >= 0.6 is 0 Å². The molecule has 0 radical (unpaired) electrons. The molecule has 0 heterocycles. The molecule has 0 aromatic heterocycles. The predicted molar refractivity (Wildman–Crippen MR) is 74.2 cm³/mol. The third kappa shape index (κ3) is 3.81. The minimum atomic E-state index is 0.718. The van der Waals surface area contributed by atoms with Gasteiger partial charge in [0.1, 0.15) is 5.75 Å². The summed E-state index contributed by atoms with van der Waals surface area (Å²) in [5.41, 5.74) is 7.61. The van der Waals surface area contributed by atoms with Crippen LogP contribution in [0.15, 0.2) is 18.2 Å². The smallest absolute Gasteiger partial charge is 0.122 e. The number of nitrogen functional groups attached to an aromatic ring is 1. The second-order valence-corrected chi connectivity index (χ2v) is 4.90. The molecule has 18 heavy (non-hydrogen) atoms. The highest BCUT2D eigenvalue weighted by molar-refractivity contribution is 5.60. The van der Waals surface area contributed by atoms with E-state index in [1.807, 2.05) is 25.2 Å². The summed E-state index contributed by atoms with van der Waals surface area (Å²) in [5.74, 6) is 1.61. The normalized spacial score (nSPS) is 14.6. The van der Waals surface area contributed by atoms with E-state index in [-0.39, 0.29) is 0 Å². The predicted octanol–water partition coefficient (Wildman–Crippen LogP) is 2.14. The van der Waals surface area contributed by atoms with Crippen LogP contribution < -0.4 is 15.4 Å². The quantitative estimate of drug-likeness (QED) is 0.595. The van der Waals surface area contributed by atoms with Crippen LogP contribution in [0.2, 0.25) is 0 Å². The van der Waals surface area contributed by atoms with E-state index in [0.29, 0.717) is 0 Å². The Bertz CT molecular complexity index is 391. The van der Waals surface area contributed by atoms with Gasteiger partial charge in [-0.3, -0.25) is 0 Å². The molecule has 100 valence electrons. The maximum absolute atomic E-state index is 5.84. The van der Waals surface area contributed by atoms with E-state index >= 15 is 0 Å². The highest BCUT2D eigenvalue weighted by Gasteiger charge is 2.20. The van der Waals surface area contributed by atoms with Crippen molar-refractivity contribution in [3.8, 4) is 5.75 Å². The molecule has 4 nitrogen and oxygen atoms in total. The molecule has 2 rings (SSSR count). The molecule has 1 aromatic rings. The monoisotopic (exact) mass is 250 g/mol. The average Bonchev–Trinajstić information content (AvgIpc) is 3.17. The van der Waals surface area contributed by atoms with Crippen molar-refractivity contribution in [2.45, 2.75) is 12.8 Å². The fraction of sp³-hybridized carbons (Fsp3) is 0.571. The zero-order valence-electron chi connectivity index (χ0n) is 11.2. The average molecular weight is 250 g/mol. The zero-order chi connectivity index (χ0) is 13.0. The Morgan fingerprint density at radius 1 is 1.33 bits per heavy atom. The fourth-order valence-corrected chi connectivity index (χ4v) is 1.81. The van der Waals surface area contributed by atoms with Crippen LogP contribution in [0.1, 0.15) is 12.8 Å². The molecule has 0 saturated heterocycles. The van der Waals surface area contributed by atoms with Crippen molar-refractivity contribution in [3.05, 3.63) is 18.2 Å². The van der Waals surface area contributed by atoms with Crippen molar-refractivity contribution in [2.24, 2.45) is 5.92 Å². The molecule has 1 aliphatic carbocycles. The molecule has 1 aromatic carbocycles. The molecule has 1 saturated carbocycles. The third-order valence-corrected chi connectivity index (χ3v) is 3.21. The molecule has 2 N–H and O–H groups in total. The Balaban J connectivity index is 1.82. The Labute approximate surface area is 109 Å². The van der Waals surface area contributed by atoms with Crippen LogP contribution in [0, 0.1) is 5.92 Å². The lowest BCUT2D eigenvalue weighted by atomic mass is 10.2. The Hall–Kier alpha value is -1.42. The summed E-state index contributed by atoms with van der Waals surface area (Å²) < 4.78 is 10.8. The molecule has 0 aliphatic heterocycles. The number of nitrogens with two attached hydrogens (primary N) is 1. The van der Waals surface area contributed by atoms with Crippen LogP contribution in [0.5, 0.6) is 5.75 Å². The maximum Gasteiger partial charge on any atom is 0.122 e. The molecule has 0 atom stereocenters. The second-order valence-electron chi connectivity index (χ2n) is 4.90. The standard InChI is InChI=1S/C14H22N2O2/c1-16(5-6-18-10-11-3-4-11)13-7-12(15)8-14(9-13)17-2/h7-9,11H,3-6,10,15H2,1-2H3. The first-order valence-corrected chi connectivity index (χ1v) is 6.42. The molecule has 0 unspecified atom stereocenters. The van der Waals surface area contributed by atoms with Gasteiger partial charge in [-0.05, 0) is 24.8 Å². The Morgan fingerprint density at radius 3 is 2.78 bits per heavy atom. The van der Waals surface area contributed by atoms with Gasteiger partial charge in [0.05, 0.1) is 13.7 Å². The van der Waals surface area contributed by atoms with Crippen LogP contribution in [-0.4, -0.2) is 33.9 Å². The first-order valence-electron chi connectivity index (χ1n) is 6.42. The lowest BCUT2D eigenvalue weighted by molar-refractivity contribution is 0.131. The van der Waals surface area contributed by atoms with E-state index in [0.717, 1.165) is 42.8 Å². The van der Waals surface area contributed by atoms with E-state index in [1.54, 1.807) is 7.11 Å². The van der Waals surface area contributed by atoms with E-state index in [1.165, 1.54) is 12.8 Å². The number of rotatable bonds is 7. The maximum atomic E-state index is 5.84. The second kappa shape index (κ2) is 5.96. The highest BCUT2D eigenvalue weighted by atomic mass is 16.5. The molecule has 4 heteroatoms. The van der Waals surface area contributed by atoms with Gasteiger partial charge in [0.25, 0.3) is 0 Å². The molecular weight excluding hydrogens is 228 g/mol. The van der Waals surface area contributed by atoms with Crippen LogP contribution in [0.25, 0.3) is 0 Å². The van der Waals surface area contributed by atoms with Crippen LogP contribution in [0.4, 0.5) is 11.4 Å². The summed E-state index contributed by atoms with van der Waals surface area (Å²) in [6, 6.07) is 5.75. The largest absolute Gasteiger partial charge is 0.497 e. The van der Waals surface area contributed by atoms with Crippen molar-refractivity contribution in [1.29, 1.82) is 0 Å². The number of methoxy groups -OCH3 is 1. The van der Waals surface area contributed by atoms with Gasteiger partial charge < -0.3 is 20.1 Å². The number of hydrogen-bond acceptors (Lipinski definition) is 4. The van der Waals surface area contributed by atoms with E-state index in [2.05, 4.69) is 4.90 Å².